The van der Waals surface area contributed by atoms with Crippen molar-refractivity contribution >= 4 is 17.7 Å². The van der Waals surface area contributed by atoms with E-state index < -0.39 is 6.04 Å². The van der Waals surface area contributed by atoms with E-state index >= 15 is 0 Å². The van der Waals surface area contributed by atoms with E-state index in [9.17, 15) is 15.0 Å². The van der Waals surface area contributed by atoms with Gasteiger partial charge in [0.05, 0.1) is 17.5 Å². The maximum atomic E-state index is 13.7. The summed E-state index contributed by atoms with van der Waals surface area (Å²) in [5.74, 6) is 1.15. The fourth-order valence-electron chi connectivity index (χ4n) is 4.89. The lowest BCUT2D eigenvalue weighted by atomic mass is 9.89. The summed E-state index contributed by atoms with van der Waals surface area (Å²) in [4.78, 5) is 20.6. The zero-order valence-electron chi connectivity index (χ0n) is 18.3. The van der Waals surface area contributed by atoms with Crippen LogP contribution in [0.25, 0.3) is 6.08 Å². The lowest BCUT2D eigenvalue weighted by molar-refractivity contribution is -0.128. The highest BCUT2D eigenvalue weighted by Gasteiger charge is 2.45. The molecule has 34 heavy (non-hydrogen) atoms. The first-order valence-electron chi connectivity index (χ1n) is 11.3. The number of hydrogen-bond donors (Lipinski definition) is 3. The Morgan fingerprint density at radius 1 is 0.912 bits per heavy atom. The highest BCUT2D eigenvalue weighted by Crippen LogP contribution is 2.36. The topological polar surface area (TPSA) is 85.2 Å². The van der Waals surface area contributed by atoms with Gasteiger partial charge in [0.25, 0.3) is 5.91 Å². The smallest absolute Gasteiger partial charge is 0.251 e. The predicted molar refractivity (Wildman–Crippen MR) is 130 cm³/mol. The maximum Gasteiger partial charge on any atom is 0.251 e. The molecule has 6 nitrogen and oxygen atoms in total. The number of nitrogens with zero attached hydrogens (tertiary/aromatic N) is 2. The molecule has 168 valence electrons. The van der Waals surface area contributed by atoms with Gasteiger partial charge in [-0.2, -0.15) is 0 Å². The van der Waals surface area contributed by atoms with Crippen LogP contribution < -0.4 is 5.32 Å². The molecule has 3 aliphatic rings. The van der Waals surface area contributed by atoms with E-state index in [0.29, 0.717) is 12.8 Å². The van der Waals surface area contributed by atoms with Crippen molar-refractivity contribution in [2.75, 3.05) is 0 Å². The van der Waals surface area contributed by atoms with Gasteiger partial charge in [0, 0.05) is 18.4 Å². The fraction of sp³-hybridized carbons (Fsp3) is 0.143. The van der Waals surface area contributed by atoms with Crippen LogP contribution in [-0.2, 0) is 17.6 Å². The average molecular weight is 450 g/mol. The summed E-state index contributed by atoms with van der Waals surface area (Å²) in [5, 5.41) is 23.0. The Morgan fingerprint density at radius 3 is 2.47 bits per heavy atom. The molecule has 0 saturated carbocycles. The third-order valence-corrected chi connectivity index (χ3v) is 6.53. The molecule has 2 atom stereocenters. The molecule has 1 aliphatic carbocycles. The SMILES string of the molecule is O=C1C(Cc2ccc(O)cc2)NC2=C(Cc3ccccc3)N=C3c4ccc(O)cc4C=CC3N12. The number of nitrogens with one attached hydrogen (secondary N) is 1. The average Bonchev–Trinajstić information content (AvgIpc) is 3.17. The number of aromatic hydroxyl groups is 2. The summed E-state index contributed by atoms with van der Waals surface area (Å²) >= 11 is 0. The van der Waals surface area contributed by atoms with Gasteiger partial charge in [-0.1, -0.05) is 54.6 Å². The summed E-state index contributed by atoms with van der Waals surface area (Å²) in [7, 11) is 0. The molecule has 0 spiro atoms. The maximum absolute atomic E-state index is 13.7. The first-order valence-corrected chi connectivity index (χ1v) is 11.3. The minimum Gasteiger partial charge on any atom is -0.508 e. The molecule has 0 aromatic heterocycles. The quantitative estimate of drug-likeness (QED) is 0.566. The molecule has 3 aromatic rings. The molecule has 0 radical (unpaired) electrons. The van der Waals surface area contributed by atoms with E-state index in [1.54, 1.807) is 24.3 Å². The Bertz CT molecular complexity index is 1370. The summed E-state index contributed by atoms with van der Waals surface area (Å²) in [6.07, 6.45) is 5.02. The van der Waals surface area contributed by atoms with Crippen molar-refractivity contribution in [3.05, 3.63) is 113 Å². The second kappa shape index (κ2) is 7.92. The summed E-state index contributed by atoms with van der Waals surface area (Å²) in [6, 6.07) is 21.6. The molecule has 1 amide bonds. The molecule has 3 aromatic carbocycles. The molecule has 1 saturated heterocycles. The van der Waals surface area contributed by atoms with E-state index in [1.165, 1.54) is 0 Å². The van der Waals surface area contributed by atoms with Gasteiger partial charge < -0.3 is 15.5 Å². The summed E-state index contributed by atoms with van der Waals surface area (Å²) in [6.45, 7) is 0. The number of hydrogen-bond acceptors (Lipinski definition) is 5. The molecular formula is C28H23N3O3. The molecule has 0 bridgehead atoms. The van der Waals surface area contributed by atoms with Crippen LogP contribution in [0.3, 0.4) is 0 Å². The van der Waals surface area contributed by atoms with Crippen LogP contribution in [0, 0.1) is 0 Å². The third-order valence-electron chi connectivity index (χ3n) is 6.53. The van der Waals surface area contributed by atoms with E-state index in [-0.39, 0.29) is 23.4 Å². The second-order valence-corrected chi connectivity index (χ2v) is 8.81. The zero-order chi connectivity index (χ0) is 23.2. The minimum atomic E-state index is -0.422. The van der Waals surface area contributed by atoms with E-state index in [2.05, 4.69) is 17.4 Å². The van der Waals surface area contributed by atoms with E-state index in [4.69, 9.17) is 4.99 Å². The van der Waals surface area contributed by atoms with Crippen LogP contribution >= 0.6 is 0 Å². The Balaban J connectivity index is 1.41. The molecule has 2 unspecified atom stereocenters. The lowest BCUT2D eigenvalue weighted by Crippen LogP contribution is -2.45. The minimum absolute atomic E-state index is 0.00193. The summed E-state index contributed by atoms with van der Waals surface area (Å²) in [5.41, 5.74) is 5.51. The van der Waals surface area contributed by atoms with Crippen molar-refractivity contribution in [1.82, 2.24) is 10.2 Å². The number of amides is 1. The van der Waals surface area contributed by atoms with Crippen LogP contribution in [0.15, 0.2) is 95.4 Å². The normalized spacial score (nSPS) is 20.4. The van der Waals surface area contributed by atoms with Gasteiger partial charge in [0.2, 0.25) is 0 Å². The number of phenols is 2. The molecular weight excluding hydrogens is 426 g/mol. The van der Waals surface area contributed by atoms with Gasteiger partial charge >= 0.3 is 0 Å². The van der Waals surface area contributed by atoms with Crippen LogP contribution in [0.2, 0.25) is 0 Å². The number of benzene rings is 3. The number of rotatable bonds is 4. The van der Waals surface area contributed by atoms with Crippen LogP contribution in [0.1, 0.15) is 22.3 Å². The number of aliphatic imine (C=N–C) groups is 1. The van der Waals surface area contributed by atoms with Crippen molar-refractivity contribution in [3.8, 4) is 11.5 Å². The Hall–Kier alpha value is -4.32. The third kappa shape index (κ3) is 3.44. The molecule has 2 heterocycles. The van der Waals surface area contributed by atoms with Gasteiger partial charge in [-0.25, -0.2) is 0 Å². The first-order chi connectivity index (χ1) is 16.6. The van der Waals surface area contributed by atoms with Crippen LogP contribution in [0.4, 0.5) is 0 Å². The van der Waals surface area contributed by atoms with Gasteiger partial charge in [-0.3, -0.25) is 14.7 Å². The van der Waals surface area contributed by atoms with Gasteiger partial charge in [0.15, 0.2) is 0 Å². The van der Waals surface area contributed by atoms with Gasteiger partial charge in [-0.15, -0.1) is 0 Å². The Morgan fingerprint density at radius 2 is 1.68 bits per heavy atom. The lowest BCUT2D eigenvalue weighted by Gasteiger charge is -2.34. The molecule has 2 aliphatic heterocycles. The standard InChI is InChI=1S/C28H23N3O3/c32-20-9-6-18(7-10-20)15-24-28(34)31-25-13-8-19-16-21(33)11-12-22(19)26(25)29-23(27(31)30-24)14-17-4-2-1-3-5-17/h1-13,16,24-25,30,32-33H,14-15H2. The number of phenolic OH excluding ortho intramolecular Hbond substituents is 2. The number of fused-ring (bicyclic) bond motifs is 5. The fourth-order valence-corrected chi connectivity index (χ4v) is 4.89. The van der Waals surface area contributed by atoms with Gasteiger partial charge in [0.1, 0.15) is 23.4 Å². The second-order valence-electron chi connectivity index (χ2n) is 8.81. The van der Waals surface area contributed by atoms with Crippen molar-refractivity contribution < 1.29 is 15.0 Å². The molecule has 3 N–H and O–H groups in total. The van der Waals surface area contributed by atoms with Crippen LogP contribution in [0.5, 0.6) is 11.5 Å². The first kappa shape index (κ1) is 20.3. The Labute approximate surface area is 197 Å². The summed E-state index contributed by atoms with van der Waals surface area (Å²) < 4.78 is 0. The molecule has 6 heteroatoms. The zero-order valence-corrected chi connectivity index (χ0v) is 18.3. The number of allylic oxidation sites excluding steroid dienone is 1. The van der Waals surface area contributed by atoms with Crippen molar-refractivity contribution in [2.24, 2.45) is 4.99 Å². The predicted octanol–water partition coefficient (Wildman–Crippen LogP) is 3.75. The number of carbonyl (C=O) groups excluding carboxylic acids is 1. The van der Waals surface area contributed by atoms with Crippen LogP contribution in [-0.4, -0.2) is 38.8 Å². The van der Waals surface area contributed by atoms with Crippen molar-refractivity contribution in [2.45, 2.75) is 24.9 Å². The van der Waals surface area contributed by atoms with Crippen molar-refractivity contribution in [1.29, 1.82) is 0 Å². The highest BCUT2D eigenvalue weighted by atomic mass is 16.3. The molecule has 6 rings (SSSR count). The monoisotopic (exact) mass is 449 g/mol. The Kier molecular flexibility index (Phi) is 4.73. The van der Waals surface area contributed by atoms with E-state index in [0.717, 1.165) is 39.5 Å². The highest BCUT2D eigenvalue weighted by molar-refractivity contribution is 6.13. The van der Waals surface area contributed by atoms with Crippen molar-refractivity contribution in [3.63, 3.8) is 0 Å². The molecule has 1 fully saturated rings. The van der Waals surface area contributed by atoms with Gasteiger partial charge in [-0.05, 0) is 47.0 Å². The number of carbonyl (C=O) groups is 1. The largest absolute Gasteiger partial charge is 0.508 e. The van der Waals surface area contributed by atoms with E-state index in [1.807, 2.05) is 53.5 Å².